The molecule has 6 nitrogen and oxygen atoms in total. The van der Waals surface area contributed by atoms with Gasteiger partial charge in [0.1, 0.15) is 5.76 Å². The van der Waals surface area contributed by atoms with E-state index in [4.69, 9.17) is 14.9 Å². The fourth-order valence-corrected chi connectivity index (χ4v) is 2.44. The molecule has 2 heterocycles. The smallest absolute Gasteiger partial charge is 0.188 e. The maximum Gasteiger partial charge on any atom is 0.188 e. The number of hydrogen-bond donors (Lipinski definition) is 2. The van der Waals surface area contributed by atoms with Gasteiger partial charge >= 0.3 is 0 Å². The van der Waals surface area contributed by atoms with Crippen molar-refractivity contribution in [1.29, 1.82) is 0 Å². The van der Waals surface area contributed by atoms with Crippen LogP contribution in [-0.2, 0) is 4.74 Å². The highest BCUT2D eigenvalue weighted by molar-refractivity contribution is 5.77. The molecule has 20 heavy (non-hydrogen) atoms. The standard InChI is InChI=1S/C14H24N4O2/c1-19-10-6-16-14(15)17-11-12(13-5-4-9-20-13)18-7-2-3-8-18/h4-5,9,12H,2-3,6-8,10-11H2,1H3,(H3,15,16,17). The molecule has 0 aromatic carbocycles. The normalized spacial score (nSPS) is 18.4. The molecule has 1 saturated heterocycles. The summed E-state index contributed by atoms with van der Waals surface area (Å²) in [6.07, 6.45) is 4.19. The SMILES string of the molecule is COCCNC(N)=NCC(c1ccco1)N1CCCC1. The first-order valence-corrected chi connectivity index (χ1v) is 7.11. The minimum Gasteiger partial charge on any atom is -0.468 e. The number of hydrogen-bond acceptors (Lipinski definition) is 4. The summed E-state index contributed by atoms with van der Waals surface area (Å²) >= 11 is 0. The fourth-order valence-electron chi connectivity index (χ4n) is 2.44. The summed E-state index contributed by atoms with van der Waals surface area (Å²) in [5, 5.41) is 3.03. The second-order valence-corrected chi connectivity index (χ2v) is 4.92. The van der Waals surface area contributed by atoms with Crippen molar-refractivity contribution in [2.24, 2.45) is 10.7 Å². The molecule has 3 N–H and O–H groups in total. The summed E-state index contributed by atoms with van der Waals surface area (Å²) in [6, 6.07) is 4.10. The van der Waals surface area contributed by atoms with Crippen LogP contribution in [0.4, 0.5) is 0 Å². The van der Waals surface area contributed by atoms with Crippen molar-refractivity contribution in [2.75, 3.05) is 39.9 Å². The topological polar surface area (TPSA) is 76.0 Å². The maximum absolute atomic E-state index is 5.85. The first-order valence-electron chi connectivity index (χ1n) is 7.11. The summed E-state index contributed by atoms with van der Waals surface area (Å²) < 4.78 is 10.5. The van der Waals surface area contributed by atoms with Gasteiger partial charge in [-0.1, -0.05) is 0 Å². The van der Waals surface area contributed by atoms with Gasteiger partial charge in [-0.05, 0) is 38.1 Å². The zero-order valence-electron chi connectivity index (χ0n) is 12.0. The van der Waals surface area contributed by atoms with Crippen molar-refractivity contribution in [3.05, 3.63) is 24.2 Å². The number of methoxy groups -OCH3 is 1. The van der Waals surface area contributed by atoms with E-state index in [1.54, 1.807) is 13.4 Å². The number of nitrogens with two attached hydrogens (primary N) is 1. The number of nitrogens with one attached hydrogen (secondary N) is 1. The van der Waals surface area contributed by atoms with E-state index in [-0.39, 0.29) is 6.04 Å². The van der Waals surface area contributed by atoms with Crippen LogP contribution in [0.25, 0.3) is 0 Å². The Morgan fingerprint density at radius 1 is 1.55 bits per heavy atom. The van der Waals surface area contributed by atoms with E-state index in [0.29, 0.717) is 25.7 Å². The van der Waals surface area contributed by atoms with Gasteiger partial charge in [-0.25, -0.2) is 0 Å². The van der Waals surface area contributed by atoms with E-state index in [1.165, 1.54) is 12.8 Å². The number of furan rings is 1. The molecular formula is C14H24N4O2. The van der Waals surface area contributed by atoms with Crippen molar-refractivity contribution in [3.8, 4) is 0 Å². The Morgan fingerprint density at radius 3 is 3.00 bits per heavy atom. The number of nitrogens with zero attached hydrogens (tertiary/aromatic N) is 2. The highest BCUT2D eigenvalue weighted by Crippen LogP contribution is 2.25. The third-order valence-electron chi connectivity index (χ3n) is 3.50. The van der Waals surface area contributed by atoms with E-state index in [0.717, 1.165) is 18.8 Å². The number of guanidine groups is 1. The first-order chi connectivity index (χ1) is 9.81. The zero-order chi connectivity index (χ0) is 14.2. The van der Waals surface area contributed by atoms with Crippen LogP contribution in [0.1, 0.15) is 24.6 Å². The lowest BCUT2D eigenvalue weighted by Gasteiger charge is -2.24. The van der Waals surface area contributed by atoms with E-state index in [1.807, 2.05) is 12.1 Å². The molecule has 1 atom stereocenters. The van der Waals surface area contributed by atoms with Crippen molar-refractivity contribution < 1.29 is 9.15 Å². The van der Waals surface area contributed by atoms with Crippen LogP contribution in [0.3, 0.4) is 0 Å². The van der Waals surface area contributed by atoms with Crippen LogP contribution in [0.15, 0.2) is 27.8 Å². The van der Waals surface area contributed by atoms with E-state index < -0.39 is 0 Å². The Hall–Kier alpha value is -1.53. The summed E-state index contributed by atoms with van der Waals surface area (Å²) in [6.45, 7) is 4.08. The third-order valence-corrected chi connectivity index (χ3v) is 3.50. The molecule has 1 fully saturated rings. The van der Waals surface area contributed by atoms with Gasteiger partial charge < -0.3 is 20.2 Å². The van der Waals surface area contributed by atoms with Gasteiger partial charge in [0.2, 0.25) is 0 Å². The quantitative estimate of drug-likeness (QED) is 0.442. The molecule has 0 radical (unpaired) electrons. The predicted octanol–water partition coefficient (Wildman–Crippen LogP) is 0.967. The van der Waals surface area contributed by atoms with Crippen LogP contribution in [-0.4, -0.2) is 50.8 Å². The van der Waals surface area contributed by atoms with Crippen LogP contribution in [0.2, 0.25) is 0 Å². The molecule has 1 aromatic heterocycles. The Labute approximate surface area is 120 Å². The van der Waals surface area contributed by atoms with Gasteiger partial charge in [0.15, 0.2) is 5.96 Å². The van der Waals surface area contributed by atoms with Gasteiger partial charge in [0.25, 0.3) is 0 Å². The molecule has 0 spiro atoms. The number of aliphatic imine (C=N–C) groups is 1. The average Bonchev–Trinajstić information content (AvgIpc) is 3.12. The summed E-state index contributed by atoms with van der Waals surface area (Å²) in [5.74, 6) is 1.41. The predicted molar refractivity (Wildman–Crippen MR) is 78.6 cm³/mol. The van der Waals surface area contributed by atoms with Crippen molar-refractivity contribution in [2.45, 2.75) is 18.9 Å². The molecule has 2 rings (SSSR count). The molecule has 1 aromatic rings. The minimum atomic E-state index is 0.176. The Morgan fingerprint density at radius 2 is 2.35 bits per heavy atom. The average molecular weight is 280 g/mol. The highest BCUT2D eigenvalue weighted by atomic mass is 16.5. The monoisotopic (exact) mass is 280 g/mol. The molecule has 6 heteroatoms. The first kappa shape index (κ1) is 14.9. The largest absolute Gasteiger partial charge is 0.468 e. The molecule has 1 unspecified atom stereocenters. The second-order valence-electron chi connectivity index (χ2n) is 4.92. The summed E-state index contributed by atoms with van der Waals surface area (Å²) in [5.41, 5.74) is 5.85. The van der Waals surface area contributed by atoms with Crippen molar-refractivity contribution in [3.63, 3.8) is 0 Å². The molecule has 0 saturated carbocycles. The van der Waals surface area contributed by atoms with Crippen molar-refractivity contribution >= 4 is 5.96 Å². The zero-order valence-corrected chi connectivity index (χ0v) is 12.0. The summed E-state index contributed by atoms with van der Waals surface area (Å²) in [4.78, 5) is 6.83. The van der Waals surface area contributed by atoms with Gasteiger partial charge in [-0.2, -0.15) is 0 Å². The minimum absolute atomic E-state index is 0.176. The number of likely N-dealkylation sites (tertiary alicyclic amines) is 1. The molecule has 1 aliphatic heterocycles. The van der Waals surface area contributed by atoms with Gasteiger partial charge in [0.05, 0.1) is 25.5 Å². The van der Waals surface area contributed by atoms with Crippen LogP contribution in [0.5, 0.6) is 0 Å². The molecule has 112 valence electrons. The lowest BCUT2D eigenvalue weighted by molar-refractivity contribution is 0.203. The van der Waals surface area contributed by atoms with E-state index >= 15 is 0 Å². The number of rotatable bonds is 7. The Bertz CT molecular complexity index is 399. The second kappa shape index (κ2) is 7.91. The molecular weight excluding hydrogens is 256 g/mol. The molecule has 0 amide bonds. The van der Waals surface area contributed by atoms with Crippen LogP contribution < -0.4 is 11.1 Å². The van der Waals surface area contributed by atoms with Gasteiger partial charge in [-0.3, -0.25) is 9.89 Å². The fraction of sp³-hybridized carbons (Fsp3) is 0.643. The lowest BCUT2D eigenvalue weighted by atomic mass is 10.2. The van der Waals surface area contributed by atoms with Crippen molar-refractivity contribution in [1.82, 2.24) is 10.2 Å². The maximum atomic E-state index is 5.85. The van der Waals surface area contributed by atoms with Crippen LogP contribution in [0, 0.1) is 0 Å². The Kier molecular flexibility index (Phi) is 5.88. The van der Waals surface area contributed by atoms with Crippen LogP contribution >= 0.6 is 0 Å². The third kappa shape index (κ3) is 4.25. The van der Waals surface area contributed by atoms with E-state index in [9.17, 15) is 0 Å². The van der Waals surface area contributed by atoms with Gasteiger partial charge in [-0.15, -0.1) is 0 Å². The summed E-state index contributed by atoms with van der Waals surface area (Å²) in [7, 11) is 1.66. The molecule has 1 aliphatic rings. The Balaban J connectivity index is 1.92. The number of ether oxygens (including phenoxy) is 1. The van der Waals surface area contributed by atoms with Gasteiger partial charge in [0, 0.05) is 13.7 Å². The molecule has 0 aliphatic carbocycles. The van der Waals surface area contributed by atoms with E-state index in [2.05, 4.69) is 15.2 Å². The lowest BCUT2D eigenvalue weighted by Crippen LogP contribution is -2.35. The molecule has 0 bridgehead atoms. The highest BCUT2D eigenvalue weighted by Gasteiger charge is 2.25.